The van der Waals surface area contributed by atoms with Crippen LogP contribution in [0.2, 0.25) is 0 Å². The first-order valence-electron chi connectivity index (χ1n) is 2.50. The van der Waals surface area contributed by atoms with Gasteiger partial charge in [0, 0.05) is 0 Å². The number of hydroxylamine groups is 1. The van der Waals surface area contributed by atoms with Crippen LogP contribution in [0.1, 0.15) is 6.92 Å². The van der Waals surface area contributed by atoms with Crippen LogP contribution >= 0.6 is 11.6 Å². The van der Waals surface area contributed by atoms with Crippen LogP contribution in [0.4, 0.5) is 0 Å². The van der Waals surface area contributed by atoms with E-state index in [-0.39, 0.29) is 0 Å². The van der Waals surface area contributed by atoms with Crippen LogP contribution in [0.5, 0.6) is 0 Å². The van der Waals surface area contributed by atoms with Crippen molar-refractivity contribution in [1.29, 1.82) is 0 Å². The molecule has 0 aromatic carbocycles. The maximum Gasteiger partial charge on any atom is 0.246 e. The highest BCUT2D eigenvalue weighted by molar-refractivity contribution is 6.65. The van der Waals surface area contributed by atoms with Crippen LogP contribution in [0.25, 0.3) is 0 Å². The molecule has 0 spiro atoms. The summed E-state index contributed by atoms with van der Waals surface area (Å²) in [7, 11) is 0. The van der Waals surface area contributed by atoms with Gasteiger partial charge in [0.25, 0.3) is 0 Å². The molecule has 0 saturated heterocycles. The third-order valence-corrected chi connectivity index (χ3v) is 1.23. The van der Waals surface area contributed by atoms with Gasteiger partial charge in [0.15, 0.2) is 0 Å². The van der Waals surface area contributed by atoms with E-state index in [2.05, 4.69) is 5.48 Å². The molecule has 1 rings (SSSR count). The molecule has 0 fully saturated rings. The zero-order valence-electron chi connectivity index (χ0n) is 4.85. The number of hydrogen-bond acceptors (Lipinski definition) is 3. The highest BCUT2D eigenvalue weighted by Crippen LogP contribution is 2.07. The van der Waals surface area contributed by atoms with E-state index >= 15 is 0 Å². The number of rotatable bonds is 1. The number of carbonyl (C=O) groups excluding carboxylic acids is 1. The Bertz CT molecular complexity index is 166. The lowest BCUT2D eigenvalue weighted by Gasteiger charge is -1.98. The molecular formula is C5H6ClNO2. The van der Waals surface area contributed by atoms with E-state index in [0.29, 0.717) is 5.76 Å². The molecule has 0 amide bonds. The first-order valence-corrected chi connectivity index (χ1v) is 2.88. The number of nitrogens with one attached hydrogen (secondary N) is 1. The molecule has 1 atom stereocenters. The van der Waals surface area contributed by atoms with Gasteiger partial charge >= 0.3 is 0 Å². The van der Waals surface area contributed by atoms with E-state index in [0.717, 1.165) is 0 Å². The van der Waals surface area contributed by atoms with Crippen molar-refractivity contribution in [3.63, 3.8) is 0 Å². The van der Waals surface area contributed by atoms with Crippen LogP contribution < -0.4 is 5.48 Å². The van der Waals surface area contributed by atoms with Crippen LogP contribution in [-0.2, 0) is 9.63 Å². The number of halogens is 1. The number of hydrogen-bond donors (Lipinski definition) is 1. The molecule has 0 radical (unpaired) electrons. The van der Waals surface area contributed by atoms with Crippen molar-refractivity contribution in [3.8, 4) is 0 Å². The van der Waals surface area contributed by atoms with Gasteiger partial charge in [0.2, 0.25) is 5.24 Å². The van der Waals surface area contributed by atoms with Gasteiger partial charge in [-0.3, -0.25) is 4.79 Å². The fourth-order valence-electron chi connectivity index (χ4n) is 0.571. The molecule has 1 unspecified atom stereocenters. The Kier molecular flexibility index (Phi) is 1.73. The maximum absolute atomic E-state index is 10.4. The summed E-state index contributed by atoms with van der Waals surface area (Å²) in [4.78, 5) is 15.1. The number of allylic oxidation sites excluding steroid dienone is 1. The second kappa shape index (κ2) is 2.37. The Morgan fingerprint density at radius 3 is 2.89 bits per heavy atom. The summed E-state index contributed by atoms with van der Waals surface area (Å²) in [6.45, 7) is 1.74. The minimum atomic E-state index is -0.466. The SMILES string of the molecule is CC1=CC(C(=O)Cl)NO1. The largest absolute Gasteiger partial charge is 0.413 e. The zero-order valence-corrected chi connectivity index (χ0v) is 5.61. The average Bonchev–Trinajstić information content (AvgIpc) is 2.14. The Morgan fingerprint density at radius 1 is 2.00 bits per heavy atom. The summed E-state index contributed by atoms with van der Waals surface area (Å²) < 4.78 is 0. The Morgan fingerprint density at radius 2 is 2.67 bits per heavy atom. The minimum Gasteiger partial charge on any atom is -0.413 e. The lowest BCUT2D eigenvalue weighted by molar-refractivity contribution is -0.114. The molecule has 0 saturated carbocycles. The zero-order chi connectivity index (χ0) is 6.85. The molecular weight excluding hydrogens is 142 g/mol. The van der Waals surface area contributed by atoms with E-state index in [1.165, 1.54) is 0 Å². The van der Waals surface area contributed by atoms with Crippen molar-refractivity contribution in [3.05, 3.63) is 11.8 Å². The van der Waals surface area contributed by atoms with Crippen molar-refractivity contribution in [2.45, 2.75) is 13.0 Å². The third-order valence-electron chi connectivity index (χ3n) is 0.993. The third kappa shape index (κ3) is 1.43. The molecule has 0 aromatic heterocycles. The summed E-state index contributed by atoms with van der Waals surface area (Å²) >= 11 is 5.12. The smallest absolute Gasteiger partial charge is 0.246 e. The second-order valence-corrected chi connectivity index (χ2v) is 2.15. The van der Waals surface area contributed by atoms with Crippen molar-refractivity contribution >= 4 is 16.8 Å². The van der Waals surface area contributed by atoms with E-state index < -0.39 is 11.3 Å². The summed E-state index contributed by atoms with van der Waals surface area (Å²) in [6, 6.07) is -0.466. The first-order chi connectivity index (χ1) is 4.20. The fourth-order valence-corrected chi connectivity index (χ4v) is 0.679. The topological polar surface area (TPSA) is 38.3 Å². The quantitative estimate of drug-likeness (QED) is 0.551. The van der Waals surface area contributed by atoms with Gasteiger partial charge in [0.1, 0.15) is 11.8 Å². The predicted octanol–water partition coefficient (Wildman–Crippen LogP) is 0.559. The molecule has 0 aliphatic carbocycles. The van der Waals surface area contributed by atoms with Gasteiger partial charge in [-0.25, -0.2) is 0 Å². The first kappa shape index (κ1) is 6.58. The van der Waals surface area contributed by atoms with E-state index in [1.54, 1.807) is 13.0 Å². The molecule has 1 N–H and O–H groups in total. The Labute approximate surface area is 57.6 Å². The fraction of sp³-hybridized carbons (Fsp3) is 0.400. The van der Waals surface area contributed by atoms with E-state index in [1.807, 2.05) is 0 Å². The van der Waals surface area contributed by atoms with Crippen LogP contribution in [0.3, 0.4) is 0 Å². The summed E-state index contributed by atoms with van der Waals surface area (Å²) in [5.74, 6) is 0.675. The second-order valence-electron chi connectivity index (χ2n) is 1.78. The molecule has 0 bridgehead atoms. The van der Waals surface area contributed by atoms with Gasteiger partial charge in [0.05, 0.1) is 0 Å². The highest BCUT2D eigenvalue weighted by atomic mass is 35.5. The molecule has 0 aromatic rings. The molecule has 50 valence electrons. The van der Waals surface area contributed by atoms with E-state index in [9.17, 15) is 4.79 Å². The van der Waals surface area contributed by atoms with Gasteiger partial charge in [-0.2, -0.15) is 0 Å². The van der Waals surface area contributed by atoms with Crippen molar-refractivity contribution in [2.24, 2.45) is 0 Å². The van der Waals surface area contributed by atoms with Crippen LogP contribution in [0.15, 0.2) is 11.8 Å². The molecule has 1 aliphatic rings. The van der Waals surface area contributed by atoms with Gasteiger partial charge in [-0.1, -0.05) is 0 Å². The normalized spacial score (nSPS) is 25.1. The van der Waals surface area contributed by atoms with Gasteiger partial charge < -0.3 is 4.84 Å². The van der Waals surface area contributed by atoms with Gasteiger partial charge in [-0.15, -0.1) is 5.48 Å². The Balaban J connectivity index is 2.57. The van der Waals surface area contributed by atoms with Gasteiger partial charge in [-0.05, 0) is 24.6 Å². The molecule has 3 nitrogen and oxygen atoms in total. The predicted molar refractivity (Wildman–Crippen MR) is 32.6 cm³/mol. The molecule has 1 heterocycles. The van der Waals surface area contributed by atoms with E-state index in [4.69, 9.17) is 16.4 Å². The average molecular weight is 148 g/mol. The molecule has 1 aliphatic heterocycles. The van der Waals surface area contributed by atoms with Crippen LogP contribution in [-0.4, -0.2) is 11.3 Å². The molecule has 9 heavy (non-hydrogen) atoms. The molecule has 4 heteroatoms. The maximum atomic E-state index is 10.4. The van der Waals surface area contributed by atoms with Crippen molar-refractivity contribution < 1.29 is 9.63 Å². The lowest BCUT2D eigenvalue weighted by atomic mass is 10.3. The van der Waals surface area contributed by atoms with Crippen molar-refractivity contribution in [1.82, 2.24) is 5.48 Å². The number of carbonyl (C=O) groups is 1. The lowest BCUT2D eigenvalue weighted by Crippen LogP contribution is -2.26. The Hall–Kier alpha value is -0.540. The monoisotopic (exact) mass is 147 g/mol. The summed E-state index contributed by atoms with van der Waals surface area (Å²) in [6.07, 6.45) is 1.62. The van der Waals surface area contributed by atoms with Crippen LogP contribution in [0, 0.1) is 0 Å². The summed E-state index contributed by atoms with van der Waals surface area (Å²) in [5.41, 5.74) is 2.43. The standard InChI is InChI=1S/C5H6ClNO2/c1-3-2-4(5(6)8)7-9-3/h2,4,7H,1H3. The highest BCUT2D eigenvalue weighted by Gasteiger charge is 2.19. The summed E-state index contributed by atoms with van der Waals surface area (Å²) in [5, 5.41) is -0.452. The minimum absolute atomic E-state index is 0.452. The van der Waals surface area contributed by atoms with Crippen molar-refractivity contribution in [2.75, 3.05) is 0 Å².